The number of urea groups is 1. The molecule has 0 unspecified atom stereocenters. The largest absolute Gasteiger partial charge is 0.383 e. The Kier molecular flexibility index (Phi) is 5.63. The first-order valence-corrected chi connectivity index (χ1v) is 11.8. The average Bonchev–Trinajstić information content (AvgIpc) is 3.34. The number of H-pyrrole nitrogens is 1. The summed E-state index contributed by atoms with van der Waals surface area (Å²) in [6, 6.07) is 3.51. The molecule has 0 spiro atoms. The van der Waals surface area contributed by atoms with Crippen LogP contribution in [-0.2, 0) is 12.1 Å². The summed E-state index contributed by atoms with van der Waals surface area (Å²) in [4.78, 5) is 33.6. The normalized spacial score (nSPS) is 15.2. The van der Waals surface area contributed by atoms with Crippen molar-refractivity contribution in [3.05, 3.63) is 59.9 Å². The highest BCUT2D eigenvalue weighted by Gasteiger charge is 2.39. The van der Waals surface area contributed by atoms with Crippen molar-refractivity contribution >= 4 is 45.5 Å². The van der Waals surface area contributed by atoms with Crippen LogP contribution in [0.25, 0.3) is 33.3 Å². The van der Waals surface area contributed by atoms with Crippen molar-refractivity contribution in [1.29, 1.82) is 0 Å². The molecule has 186 valence electrons. The molecular weight excluding hydrogens is 478 g/mol. The molecule has 11 heteroatoms. The van der Waals surface area contributed by atoms with Crippen LogP contribution in [0, 0.1) is 0 Å². The Morgan fingerprint density at radius 3 is 2.81 bits per heavy atom. The molecule has 4 aromatic rings. The zero-order chi connectivity index (χ0) is 25.8. The standard InChI is InChI=1S/C25H28ClN9O/c1-6-14(10-33(4)5)31-24(36)34-11-16-17(20-19(26)15-8-7-9-28-22(15)32-20)18-21(27)29-13-30-23(18)35(16)25(2,3)12-34/h6-10,13H,1,11-12H2,2-5H3,(H,28,32)(H,31,36)(H2,27,29,30)/b14-10+. The van der Waals surface area contributed by atoms with Crippen LogP contribution in [0.5, 0.6) is 0 Å². The van der Waals surface area contributed by atoms with E-state index in [0.717, 1.165) is 16.6 Å². The Labute approximate surface area is 213 Å². The van der Waals surface area contributed by atoms with Gasteiger partial charge in [0, 0.05) is 49.7 Å². The number of rotatable bonds is 4. The third kappa shape index (κ3) is 3.74. The molecule has 0 saturated carbocycles. The van der Waals surface area contributed by atoms with E-state index in [-0.39, 0.29) is 6.03 Å². The second kappa shape index (κ2) is 8.56. The first kappa shape index (κ1) is 23.7. The van der Waals surface area contributed by atoms with Crippen molar-refractivity contribution in [2.24, 2.45) is 0 Å². The first-order chi connectivity index (χ1) is 17.1. The van der Waals surface area contributed by atoms with Crippen molar-refractivity contribution in [2.45, 2.75) is 25.9 Å². The van der Waals surface area contributed by atoms with Crippen LogP contribution in [-0.4, -0.2) is 61.0 Å². The molecule has 0 saturated heterocycles. The van der Waals surface area contributed by atoms with Gasteiger partial charge < -0.3 is 30.4 Å². The molecule has 36 heavy (non-hydrogen) atoms. The van der Waals surface area contributed by atoms with Gasteiger partial charge in [0.15, 0.2) is 0 Å². The minimum atomic E-state index is -0.501. The van der Waals surface area contributed by atoms with E-state index in [9.17, 15) is 4.79 Å². The number of halogens is 1. The second-order valence-corrected chi connectivity index (χ2v) is 10.1. The Morgan fingerprint density at radius 1 is 1.33 bits per heavy atom. The Bertz CT molecular complexity index is 1550. The smallest absolute Gasteiger partial charge is 0.322 e. The van der Waals surface area contributed by atoms with Crippen molar-refractivity contribution in [2.75, 3.05) is 26.4 Å². The maximum absolute atomic E-state index is 13.4. The van der Waals surface area contributed by atoms with E-state index in [1.807, 2.05) is 31.1 Å². The van der Waals surface area contributed by atoms with Gasteiger partial charge in [-0.3, -0.25) is 0 Å². The molecule has 5 rings (SSSR count). The minimum absolute atomic E-state index is 0.234. The number of anilines is 1. The van der Waals surface area contributed by atoms with Crippen molar-refractivity contribution in [1.82, 2.24) is 39.6 Å². The van der Waals surface area contributed by atoms with E-state index < -0.39 is 5.54 Å². The Balaban J connectivity index is 1.70. The van der Waals surface area contributed by atoms with Crippen molar-refractivity contribution in [3.8, 4) is 11.3 Å². The van der Waals surface area contributed by atoms with Crippen LogP contribution in [0.3, 0.4) is 0 Å². The number of allylic oxidation sites excluding steroid dienone is 1. The number of carbonyl (C=O) groups excluding carboxylic acids is 1. The van der Waals surface area contributed by atoms with Gasteiger partial charge in [0.25, 0.3) is 0 Å². The topological polar surface area (TPSA) is 121 Å². The van der Waals surface area contributed by atoms with Crippen LogP contribution in [0.1, 0.15) is 19.5 Å². The number of nitrogens with zero attached hydrogens (tertiary/aromatic N) is 6. The summed E-state index contributed by atoms with van der Waals surface area (Å²) in [7, 11) is 3.77. The van der Waals surface area contributed by atoms with Crippen LogP contribution in [0.4, 0.5) is 10.6 Å². The summed E-state index contributed by atoms with van der Waals surface area (Å²) >= 11 is 6.87. The fraction of sp³-hybridized carbons (Fsp3) is 0.280. The van der Waals surface area contributed by atoms with E-state index in [0.29, 0.717) is 52.0 Å². The number of nitrogens with one attached hydrogen (secondary N) is 2. The molecule has 10 nitrogen and oxygen atoms in total. The molecule has 0 aromatic carbocycles. The van der Waals surface area contributed by atoms with Crippen LogP contribution in [0.15, 0.2) is 49.2 Å². The lowest BCUT2D eigenvalue weighted by atomic mass is 9.99. The quantitative estimate of drug-likeness (QED) is 0.360. The number of carbonyl (C=O) groups is 1. The Hall–Kier alpha value is -4.05. The predicted molar refractivity (Wildman–Crippen MR) is 142 cm³/mol. The molecule has 4 aromatic heterocycles. The summed E-state index contributed by atoms with van der Waals surface area (Å²) in [5.74, 6) is 0.342. The number of nitrogens with two attached hydrogens (primary N) is 1. The Morgan fingerprint density at radius 2 is 2.11 bits per heavy atom. The van der Waals surface area contributed by atoms with E-state index in [2.05, 4.69) is 50.2 Å². The molecule has 2 amide bonds. The predicted octanol–water partition coefficient (Wildman–Crippen LogP) is 4.06. The lowest BCUT2D eigenvalue weighted by Crippen LogP contribution is -2.51. The van der Waals surface area contributed by atoms with E-state index in [1.54, 1.807) is 23.4 Å². The molecule has 1 aliphatic heterocycles. The van der Waals surface area contributed by atoms with Crippen LogP contribution < -0.4 is 11.1 Å². The zero-order valence-electron chi connectivity index (χ0n) is 20.6. The van der Waals surface area contributed by atoms with Crippen molar-refractivity contribution in [3.63, 3.8) is 0 Å². The van der Waals surface area contributed by atoms with Gasteiger partial charge in [-0.2, -0.15) is 0 Å². The summed E-state index contributed by atoms with van der Waals surface area (Å²) < 4.78 is 2.14. The van der Waals surface area contributed by atoms with Gasteiger partial charge in [0.2, 0.25) is 0 Å². The molecule has 0 atom stereocenters. The van der Waals surface area contributed by atoms with E-state index in [1.165, 1.54) is 6.33 Å². The SMILES string of the molecule is C=C/C(=C\N(C)C)NC(=O)N1Cc2c(-c3[nH]c4ncccc4c3Cl)c3c(N)ncnc3n2C(C)(C)C1. The number of fused-ring (bicyclic) bond motifs is 4. The third-order valence-corrected chi connectivity index (χ3v) is 6.71. The second-order valence-electron chi connectivity index (χ2n) is 9.68. The maximum Gasteiger partial charge on any atom is 0.322 e. The number of aromatic nitrogens is 5. The summed E-state index contributed by atoms with van der Waals surface area (Å²) in [6.45, 7) is 8.71. The van der Waals surface area contributed by atoms with Crippen molar-refractivity contribution < 1.29 is 4.79 Å². The molecule has 0 fully saturated rings. The molecule has 0 radical (unpaired) electrons. The number of hydrogen-bond acceptors (Lipinski definition) is 6. The van der Waals surface area contributed by atoms with Gasteiger partial charge in [0.05, 0.1) is 33.9 Å². The lowest BCUT2D eigenvalue weighted by molar-refractivity contribution is 0.145. The van der Waals surface area contributed by atoms with E-state index >= 15 is 0 Å². The van der Waals surface area contributed by atoms with Gasteiger partial charge in [0.1, 0.15) is 23.4 Å². The molecule has 5 heterocycles. The molecular formula is C25H28ClN9O. The monoisotopic (exact) mass is 505 g/mol. The van der Waals surface area contributed by atoms with Gasteiger partial charge in [-0.25, -0.2) is 19.7 Å². The third-order valence-electron chi connectivity index (χ3n) is 6.31. The van der Waals surface area contributed by atoms with Gasteiger partial charge in [-0.15, -0.1) is 0 Å². The average molecular weight is 506 g/mol. The van der Waals surface area contributed by atoms with Crippen LogP contribution in [0.2, 0.25) is 5.02 Å². The zero-order valence-corrected chi connectivity index (χ0v) is 21.4. The fourth-order valence-corrected chi connectivity index (χ4v) is 5.25. The number of hydrogen-bond donors (Lipinski definition) is 3. The fourth-order valence-electron chi connectivity index (χ4n) is 4.95. The summed E-state index contributed by atoms with van der Waals surface area (Å²) in [5.41, 5.74) is 10.2. The van der Waals surface area contributed by atoms with Gasteiger partial charge >= 0.3 is 6.03 Å². The number of amides is 2. The molecule has 4 N–H and O–H groups in total. The first-order valence-electron chi connectivity index (χ1n) is 11.5. The molecule has 1 aliphatic rings. The van der Waals surface area contributed by atoms with E-state index in [4.69, 9.17) is 17.3 Å². The highest BCUT2D eigenvalue weighted by molar-refractivity contribution is 6.38. The summed E-state index contributed by atoms with van der Waals surface area (Å²) in [6.07, 6.45) is 6.58. The molecule has 0 aliphatic carbocycles. The van der Waals surface area contributed by atoms with Gasteiger partial charge in [-0.1, -0.05) is 18.2 Å². The lowest BCUT2D eigenvalue weighted by Gasteiger charge is -2.41. The minimum Gasteiger partial charge on any atom is -0.383 e. The number of nitrogen functional groups attached to an aromatic ring is 1. The number of aromatic amines is 1. The molecule has 0 bridgehead atoms. The maximum atomic E-state index is 13.4. The number of pyridine rings is 1. The highest BCUT2D eigenvalue weighted by atomic mass is 35.5. The highest BCUT2D eigenvalue weighted by Crippen LogP contribution is 2.45. The van der Waals surface area contributed by atoms with Crippen LogP contribution >= 0.6 is 11.6 Å². The summed E-state index contributed by atoms with van der Waals surface area (Å²) in [5, 5.41) is 4.97. The van der Waals surface area contributed by atoms with Gasteiger partial charge in [-0.05, 0) is 32.1 Å².